The van der Waals surface area contributed by atoms with Crippen LogP contribution < -0.4 is 4.74 Å². The maximum atomic E-state index is 12.2. The second-order valence-electron chi connectivity index (χ2n) is 4.88. The third-order valence-corrected chi connectivity index (χ3v) is 3.40. The van der Waals surface area contributed by atoms with E-state index >= 15 is 0 Å². The molecule has 0 fully saturated rings. The summed E-state index contributed by atoms with van der Waals surface area (Å²) >= 11 is 0. The Morgan fingerprint density at radius 2 is 1.82 bits per heavy atom. The van der Waals surface area contributed by atoms with Gasteiger partial charge >= 0.3 is 5.97 Å². The van der Waals surface area contributed by atoms with Crippen molar-refractivity contribution in [2.45, 2.75) is 20.8 Å². The molecule has 5 heteroatoms. The fraction of sp³-hybridized carbons (Fsp3) is 0.294. The highest BCUT2D eigenvalue weighted by Crippen LogP contribution is 2.32. The van der Waals surface area contributed by atoms with Gasteiger partial charge in [-0.1, -0.05) is 12.1 Å². The minimum absolute atomic E-state index is 0.102. The Balaban J connectivity index is 2.63. The van der Waals surface area contributed by atoms with Gasteiger partial charge in [-0.3, -0.25) is 4.79 Å². The first-order valence-corrected chi connectivity index (χ1v) is 7.04. The number of carbonyl (C=O) groups excluding carboxylic acids is 2. The Labute approximate surface area is 129 Å². The Kier molecular flexibility index (Phi) is 4.65. The lowest BCUT2D eigenvalue weighted by Gasteiger charge is -2.07. The molecule has 5 nitrogen and oxygen atoms in total. The maximum Gasteiger partial charge on any atom is 0.355 e. The number of rotatable bonds is 5. The predicted octanol–water partition coefficient (Wildman–Crippen LogP) is 3.38. The molecule has 22 heavy (non-hydrogen) atoms. The number of H-pyrrole nitrogens is 1. The molecule has 0 unspecified atom stereocenters. The first-order valence-electron chi connectivity index (χ1n) is 7.04. The maximum absolute atomic E-state index is 12.2. The number of Topliss-reactive ketones (excluding diaryl/α,β-unsaturated/α-hetero) is 1. The summed E-state index contributed by atoms with van der Waals surface area (Å²) < 4.78 is 10.2. The molecule has 0 atom stereocenters. The van der Waals surface area contributed by atoms with E-state index in [0.29, 0.717) is 28.3 Å². The van der Waals surface area contributed by atoms with Crippen LogP contribution >= 0.6 is 0 Å². The van der Waals surface area contributed by atoms with E-state index in [1.54, 1.807) is 33.1 Å². The van der Waals surface area contributed by atoms with E-state index in [-0.39, 0.29) is 12.4 Å². The van der Waals surface area contributed by atoms with E-state index in [2.05, 4.69) is 4.98 Å². The molecule has 0 saturated heterocycles. The molecule has 1 aromatic carbocycles. The number of carbonyl (C=O) groups is 2. The van der Waals surface area contributed by atoms with Crippen molar-refractivity contribution in [3.8, 4) is 16.9 Å². The van der Waals surface area contributed by atoms with Gasteiger partial charge in [0.1, 0.15) is 11.4 Å². The van der Waals surface area contributed by atoms with Crippen LogP contribution in [0.25, 0.3) is 11.1 Å². The number of esters is 1. The molecule has 0 aliphatic rings. The highest BCUT2D eigenvalue weighted by atomic mass is 16.5. The molecule has 0 spiro atoms. The molecule has 2 aromatic rings. The SMILES string of the molecule is CCOC(=O)c1[nH]c(C)c(C(C)=O)c1-c1ccc(OC)cc1. The van der Waals surface area contributed by atoms with Crippen LogP contribution in [0.3, 0.4) is 0 Å². The lowest BCUT2D eigenvalue weighted by Crippen LogP contribution is -2.07. The normalized spacial score (nSPS) is 10.4. The zero-order valence-corrected chi connectivity index (χ0v) is 13.1. The fourth-order valence-corrected chi connectivity index (χ4v) is 2.47. The average Bonchev–Trinajstić information content (AvgIpc) is 2.85. The van der Waals surface area contributed by atoms with E-state index in [0.717, 1.165) is 5.56 Å². The van der Waals surface area contributed by atoms with E-state index < -0.39 is 5.97 Å². The standard InChI is InChI=1S/C17H19NO4/c1-5-22-17(20)16-15(14(11(3)19)10(2)18-16)12-6-8-13(21-4)9-7-12/h6-9,18H,5H2,1-4H3. The quantitative estimate of drug-likeness (QED) is 0.679. The van der Waals surface area contributed by atoms with E-state index in [4.69, 9.17) is 9.47 Å². The molecule has 0 aliphatic heterocycles. The molecular weight excluding hydrogens is 282 g/mol. The molecule has 0 amide bonds. The van der Waals surface area contributed by atoms with Crippen LogP contribution in [0.5, 0.6) is 5.75 Å². The number of ketones is 1. The third-order valence-electron chi connectivity index (χ3n) is 3.40. The molecular formula is C17H19NO4. The number of hydrogen-bond donors (Lipinski definition) is 1. The summed E-state index contributed by atoms with van der Waals surface area (Å²) in [4.78, 5) is 27.1. The topological polar surface area (TPSA) is 68.4 Å². The number of aromatic nitrogens is 1. The van der Waals surface area contributed by atoms with E-state index in [1.807, 2.05) is 12.1 Å². The fourth-order valence-electron chi connectivity index (χ4n) is 2.47. The van der Waals surface area contributed by atoms with Gasteiger partial charge in [-0.25, -0.2) is 4.79 Å². The second-order valence-corrected chi connectivity index (χ2v) is 4.88. The molecule has 0 radical (unpaired) electrons. The Hall–Kier alpha value is -2.56. The molecule has 0 aliphatic carbocycles. The van der Waals surface area contributed by atoms with Crippen molar-refractivity contribution in [1.29, 1.82) is 0 Å². The van der Waals surface area contributed by atoms with Crippen molar-refractivity contribution in [3.63, 3.8) is 0 Å². The summed E-state index contributed by atoms with van der Waals surface area (Å²) in [6.07, 6.45) is 0. The number of ether oxygens (including phenoxy) is 2. The number of benzene rings is 1. The molecule has 1 aromatic heterocycles. The van der Waals surface area contributed by atoms with Crippen molar-refractivity contribution in [3.05, 3.63) is 41.2 Å². The monoisotopic (exact) mass is 301 g/mol. The number of aryl methyl sites for hydroxylation is 1. The van der Waals surface area contributed by atoms with Crippen LogP contribution in [0.2, 0.25) is 0 Å². The van der Waals surface area contributed by atoms with Crippen LogP contribution in [-0.4, -0.2) is 30.5 Å². The van der Waals surface area contributed by atoms with Gasteiger partial charge in [0.25, 0.3) is 0 Å². The van der Waals surface area contributed by atoms with Crippen molar-refractivity contribution < 1.29 is 19.1 Å². The Morgan fingerprint density at radius 3 is 2.32 bits per heavy atom. The smallest absolute Gasteiger partial charge is 0.355 e. The van der Waals surface area contributed by atoms with Gasteiger partial charge in [-0.2, -0.15) is 0 Å². The summed E-state index contributed by atoms with van der Waals surface area (Å²) in [6.45, 7) is 5.27. The second kappa shape index (κ2) is 6.47. The van der Waals surface area contributed by atoms with Crippen molar-refractivity contribution in [2.24, 2.45) is 0 Å². The largest absolute Gasteiger partial charge is 0.497 e. The molecule has 0 bridgehead atoms. The lowest BCUT2D eigenvalue weighted by molar-refractivity contribution is 0.0521. The molecule has 2 rings (SSSR count). The summed E-state index contributed by atoms with van der Waals surface area (Å²) in [5, 5.41) is 0. The van der Waals surface area contributed by atoms with Gasteiger partial charge in [0.15, 0.2) is 5.78 Å². The number of nitrogens with one attached hydrogen (secondary N) is 1. The third kappa shape index (κ3) is 2.88. The lowest BCUT2D eigenvalue weighted by atomic mass is 9.98. The number of hydrogen-bond acceptors (Lipinski definition) is 4. The minimum Gasteiger partial charge on any atom is -0.497 e. The predicted molar refractivity (Wildman–Crippen MR) is 83.5 cm³/mol. The van der Waals surface area contributed by atoms with Gasteiger partial charge in [-0.15, -0.1) is 0 Å². The number of methoxy groups -OCH3 is 1. The van der Waals surface area contributed by atoms with Gasteiger partial charge in [-0.05, 0) is 38.5 Å². The summed E-state index contributed by atoms with van der Waals surface area (Å²) in [5.74, 6) is 0.136. The van der Waals surface area contributed by atoms with Gasteiger partial charge in [0.2, 0.25) is 0 Å². The summed E-state index contributed by atoms with van der Waals surface area (Å²) in [6, 6.07) is 7.21. The van der Waals surface area contributed by atoms with Gasteiger partial charge in [0.05, 0.1) is 13.7 Å². The van der Waals surface area contributed by atoms with Crippen LogP contribution in [0, 0.1) is 6.92 Å². The first-order chi connectivity index (χ1) is 10.5. The van der Waals surface area contributed by atoms with E-state index in [1.165, 1.54) is 6.92 Å². The highest BCUT2D eigenvalue weighted by Gasteiger charge is 2.24. The van der Waals surface area contributed by atoms with Crippen molar-refractivity contribution >= 4 is 11.8 Å². The van der Waals surface area contributed by atoms with Crippen LogP contribution in [0.15, 0.2) is 24.3 Å². The zero-order chi connectivity index (χ0) is 16.3. The zero-order valence-electron chi connectivity index (χ0n) is 13.1. The van der Waals surface area contributed by atoms with Gasteiger partial charge in [0, 0.05) is 16.8 Å². The first kappa shape index (κ1) is 15.8. The van der Waals surface area contributed by atoms with Crippen molar-refractivity contribution in [1.82, 2.24) is 4.98 Å². The van der Waals surface area contributed by atoms with E-state index in [9.17, 15) is 9.59 Å². The van der Waals surface area contributed by atoms with Crippen LogP contribution in [0.4, 0.5) is 0 Å². The summed E-state index contributed by atoms with van der Waals surface area (Å²) in [5.41, 5.74) is 2.80. The van der Waals surface area contributed by atoms with Gasteiger partial charge < -0.3 is 14.5 Å². The molecule has 116 valence electrons. The average molecular weight is 301 g/mol. The molecule has 0 saturated carbocycles. The highest BCUT2D eigenvalue weighted by molar-refractivity contribution is 6.08. The minimum atomic E-state index is -0.469. The number of aromatic amines is 1. The molecule has 1 N–H and O–H groups in total. The van der Waals surface area contributed by atoms with Crippen LogP contribution in [0.1, 0.15) is 40.4 Å². The Morgan fingerprint density at radius 1 is 1.18 bits per heavy atom. The summed E-state index contributed by atoms with van der Waals surface area (Å²) in [7, 11) is 1.58. The van der Waals surface area contributed by atoms with Crippen LogP contribution in [-0.2, 0) is 4.74 Å². The Bertz CT molecular complexity index is 698. The van der Waals surface area contributed by atoms with Crippen molar-refractivity contribution in [2.75, 3.05) is 13.7 Å². The molecule has 1 heterocycles.